The van der Waals surface area contributed by atoms with Gasteiger partial charge < -0.3 is 10.4 Å². The predicted molar refractivity (Wildman–Crippen MR) is 53.9 cm³/mol. The van der Waals surface area contributed by atoms with Crippen LogP contribution in [0, 0.1) is 0 Å². The minimum Gasteiger partial charge on any atom is -0.481 e. The van der Waals surface area contributed by atoms with E-state index in [1.165, 1.54) is 11.8 Å². The van der Waals surface area contributed by atoms with E-state index in [0.29, 0.717) is 6.42 Å². The van der Waals surface area contributed by atoms with E-state index in [1.807, 2.05) is 6.92 Å². The van der Waals surface area contributed by atoms with Crippen LogP contribution in [0.1, 0.15) is 19.8 Å². The molecule has 1 heterocycles. The van der Waals surface area contributed by atoms with Crippen molar-refractivity contribution in [3.8, 4) is 0 Å². The Labute approximate surface area is 86.6 Å². The molecule has 0 bridgehead atoms. The average Bonchev–Trinajstić information content (AvgIpc) is 2.14. The normalized spacial score (nSPS) is 27.1. The van der Waals surface area contributed by atoms with Gasteiger partial charge in [-0.2, -0.15) is 0 Å². The number of aliphatic carboxylic acids is 1. The maximum Gasteiger partial charge on any atom is 0.313 e. The second kappa shape index (κ2) is 5.21. The largest absolute Gasteiger partial charge is 0.481 e. The first kappa shape index (κ1) is 11.3. The highest BCUT2D eigenvalue weighted by molar-refractivity contribution is 8.00. The van der Waals surface area contributed by atoms with E-state index in [4.69, 9.17) is 5.11 Å². The third kappa shape index (κ3) is 3.55. The van der Waals surface area contributed by atoms with Crippen LogP contribution in [0.3, 0.4) is 0 Å². The van der Waals surface area contributed by atoms with Gasteiger partial charge in [-0.3, -0.25) is 14.9 Å². The van der Waals surface area contributed by atoms with E-state index in [0.717, 1.165) is 6.42 Å². The summed E-state index contributed by atoms with van der Waals surface area (Å²) in [6.07, 6.45) is 1.35. The lowest BCUT2D eigenvalue weighted by Crippen LogP contribution is -2.54. The average molecular weight is 218 g/mol. The molecule has 0 saturated carbocycles. The number of carbonyl (C=O) groups excluding carboxylic acids is 1. The Hall–Kier alpha value is -0.750. The molecule has 1 saturated heterocycles. The highest BCUT2D eigenvalue weighted by atomic mass is 32.2. The lowest BCUT2D eigenvalue weighted by Gasteiger charge is -2.30. The minimum atomic E-state index is -0.871. The predicted octanol–water partition coefficient (Wildman–Crippen LogP) is -0.0241. The molecule has 2 unspecified atom stereocenters. The van der Waals surface area contributed by atoms with Crippen LogP contribution in [0.25, 0.3) is 0 Å². The van der Waals surface area contributed by atoms with Crippen LogP contribution < -0.4 is 10.6 Å². The minimum absolute atomic E-state index is 0.00557. The van der Waals surface area contributed by atoms with Crippen molar-refractivity contribution in [3.05, 3.63) is 0 Å². The highest BCUT2D eigenvalue weighted by Gasteiger charge is 2.24. The molecule has 80 valence electrons. The summed E-state index contributed by atoms with van der Waals surface area (Å²) in [7, 11) is 0. The Morgan fingerprint density at radius 2 is 2.43 bits per heavy atom. The molecule has 1 aliphatic rings. The maximum absolute atomic E-state index is 11.2. The molecule has 3 N–H and O–H groups in total. The summed E-state index contributed by atoms with van der Waals surface area (Å²) >= 11 is 1.19. The van der Waals surface area contributed by atoms with Gasteiger partial charge >= 0.3 is 5.97 Å². The molecule has 1 fully saturated rings. The lowest BCUT2D eigenvalue weighted by molar-refractivity contribution is -0.134. The summed E-state index contributed by atoms with van der Waals surface area (Å²) < 4.78 is 0. The highest BCUT2D eigenvalue weighted by Crippen LogP contribution is 2.13. The van der Waals surface area contributed by atoms with Crippen LogP contribution in [0.15, 0.2) is 0 Å². The molecule has 2 atom stereocenters. The van der Waals surface area contributed by atoms with Gasteiger partial charge in [0, 0.05) is 12.5 Å². The van der Waals surface area contributed by atoms with Crippen LogP contribution in [-0.2, 0) is 9.59 Å². The fraction of sp³-hybridized carbons (Fsp3) is 0.750. The number of thioether (sulfide) groups is 1. The standard InChI is InChI=1S/C8H14N2O3S/c1-2-5-3-6(11)10-8(9-5)14-4-7(12)13/h5,8-9H,2-4H2,1H3,(H,10,11)(H,12,13). The van der Waals surface area contributed by atoms with Gasteiger partial charge in [-0.05, 0) is 6.42 Å². The fourth-order valence-electron chi connectivity index (χ4n) is 1.25. The third-order valence-corrected chi connectivity index (χ3v) is 2.98. The smallest absolute Gasteiger partial charge is 0.313 e. The van der Waals surface area contributed by atoms with Gasteiger partial charge in [0.1, 0.15) is 5.50 Å². The SMILES string of the molecule is CCC1CC(=O)NC(SCC(=O)O)N1. The Morgan fingerprint density at radius 1 is 1.71 bits per heavy atom. The number of carbonyl (C=O) groups is 2. The number of carboxylic acid groups (broad SMARTS) is 1. The van der Waals surface area contributed by atoms with Crippen molar-refractivity contribution in [2.75, 3.05) is 5.75 Å². The number of hydrogen-bond donors (Lipinski definition) is 3. The van der Waals surface area contributed by atoms with Gasteiger partial charge in [0.25, 0.3) is 0 Å². The number of nitrogens with one attached hydrogen (secondary N) is 2. The van der Waals surface area contributed by atoms with Crippen LogP contribution in [0.4, 0.5) is 0 Å². The Kier molecular flexibility index (Phi) is 4.21. The zero-order chi connectivity index (χ0) is 10.6. The Morgan fingerprint density at radius 3 is 3.00 bits per heavy atom. The number of carboxylic acids is 1. The van der Waals surface area contributed by atoms with E-state index in [2.05, 4.69) is 10.6 Å². The first-order valence-corrected chi connectivity index (χ1v) is 5.55. The van der Waals surface area contributed by atoms with E-state index >= 15 is 0 Å². The summed E-state index contributed by atoms with van der Waals surface area (Å²) in [6.45, 7) is 2.00. The quantitative estimate of drug-likeness (QED) is 0.618. The van der Waals surface area contributed by atoms with Gasteiger partial charge in [0.15, 0.2) is 0 Å². The van der Waals surface area contributed by atoms with Crippen molar-refractivity contribution in [1.29, 1.82) is 0 Å². The molecule has 1 amide bonds. The van der Waals surface area contributed by atoms with Crippen molar-refractivity contribution < 1.29 is 14.7 Å². The summed E-state index contributed by atoms with van der Waals surface area (Å²) in [4.78, 5) is 21.5. The zero-order valence-corrected chi connectivity index (χ0v) is 8.76. The van der Waals surface area contributed by atoms with Crippen LogP contribution in [0.2, 0.25) is 0 Å². The van der Waals surface area contributed by atoms with Crippen molar-refractivity contribution >= 4 is 23.6 Å². The van der Waals surface area contributed by atoms with Gasteiger partial charge in [0.05, 0.1) is 5.75 Å². The summed E-state index contributed by atoms with van der Waals surface area (Å²) in [6, 6.07) is 0.162. The first-order valence-electron chi connectivity index (χ1n) is 4.50. The van der Waals surface area contributed by atoms with Gasteiger partial charge in [-0.1, -0.05) is 6.92 Å². The molecule has 0 aromatic rings. The molecule has 5 nitrogen and oxygen atoms in total. The summed E-state index contributed by atoms with van der Waals surface area (Å²) in [5.41, 5.74) is -0.266. The summed E-state index contributed by atoms with van der Waals surface area (Å²) in [5, 5.41) is 14.3. The van der Waals surface area contributed by atoms with E-state index in [9.17, 15) is 9.59 Å². The monoisotopic (exact) mass is 218 g/mol. The number of rotatable bonds is 4. The fourth-order valence-corrected chi connectivity index (χ4v) is 2.06. The van der Waals surface area contributed by atoms with Crippen LogP contribution in [0.5, 0.6) is 0 Å². The van der Waals surface area contributed by atoms with Crippen LogP contribution >= 0.6 is 11.8 Å². The second-order valence-electron chi connectivity index (χ2n) is 3.13. The number of amides is 1. The van der Waals surface area contributed by atoms with E-state index < -0.39 is 5.97 Å². The Bertz CT molecular complexity index is 235. The molecule has 6 heteroatoms. The topological polar surface area (TPSA) is 78.4 Å². The molecule has 14 heavy (non-hydrogen) atoms. The van der Waals surface area contributed by atoms with Crippen molar-refractivity contribution in [1.82, 2.24) is 10.6 Å². The number of hydrogen-bond acceptors (Lipinski definition) is 4. The van der Waals surface area contributed by atoms with Crippen LogP contribution in [-0.4, -0.2) is 34.3 Å². The Balaban J connectivity index is 2.37. The zero-order valence-electron chi connectivity index (χ0n) is 7.95. The van der Waals surface area contributed by atoms with E-state index in [1.54, 1.807) is 0 Å². The van der Waals surface area contributed by atoms with E-state index in [-0.39, 0.29) is 23.2 Å². The third-order valence-electron chi connectivity index (χ3n) is 1.98. The maximum atomic E-state index is 11.2. The van der Waals surface area contributed by atoms with Crippen molar-refractivity contribution in [2.24, 2.45) is 0 Å². The molecule has 0 radical (unpaired) electrons. The molecule has 1 rings (SSSR count). The molecule has 0 spiro atoms. The van der Waals surface area contributed by atoms with Gasteiger partial charge in [-0.15, -0.1) is 11.8 Å². The van der Waals surface area contributed by atoms with Gasteiger partial charge in [-0.25, -0.2) is 0 Å². The molecule has 0 aromatic heterocycles. The molecule has 0 aromatic carbocycles. The molecule has 1 aliphatic heterocycles. The molecular formula is C8H14N2O3S. The second-order valence-corrected chi connectivity index (χ2v) is 4.22. The lowest BCUT2D eigenvalue weighted by atomic mass is 10.1. The molecule has 0 aliphatic carbocycles. The van der Waals surface area contributed by atoms with Crippen molar-refractivity contribution in [2.45, 2.75) is 31.3 Å². The molecular weight excluding hydrogens is 204 g/mol. The summed E-state index contributed by atoms with van der Waals surface area (Å²) in [5.74, 6) is -0.892. The van der Waals surface area contributed by atoms with Crippen molar-refractivity contribution in [3.63, 3.8) is 0 Å². The van der Waals surface area contributed by atoms with Gasteiger partial charge in [0.2, 0.25) is 5.91 Å². The first-order chi connectivity index (χ1) is 6.61.